The Bertz CT molecular complexity index is 3240. The molecule has 0 unspecified atom stereocenters. The molecular formula is C56H36N4O. The van der Waals surface area contributed by atoms with Crippen LogP contribution in [0.3, 0.4) is 0 Å². The van der Waals surface area contributed by atoms with E-state index in [1.807, 2.05) is 42.5 Å². The Morgan fingerprint density at radius 3 is 1.21 bits per heavy atom. The number of fused-ring (bicyclic) bond motifs is 3. The van der Waals surface area contributed by atoms with Crippen molar-refractivity contribution in [1.82, 2.24) is 19.9 Å². The van der Waals surface area contributed by atoms with Crippen molar-refractivity contribution in [2.45, 2.75) is 0 Å². The zero-order valence-corrected chi connectivity index (χ0v) is 33.0. The van der Waals surface area contributed by atoms with Crippen LogP contribution >= 0.6 is 0 Å². The van der Waals surface area contributed by atoms with Crippen LogP contribution in [0.5, 0.6) is 0 Å². The molecule has 0 aliphatic carbocycles. The zero-order valence-electron chi connectivity index (χ0n) is 33.0. The summed E-state index contributed by atoms with van der Waals surface area (Å²) in [5, 5.41) is 1.93. The van der Waals surface area contributed by atoms with E-state index in [1.54, 1.807) is 0 Å². The van der Waals surface area contributed by atoms with Crippen molar-refractivity contribution in [3.05, 3.63) is 218 Å². The van der Waals surface area contributed by atoms with E-state index in [9.17, 15) is 0 Å². The molecule has 5 nitrogen and oxygen atoms in total. The van der Waals surface area contributed by atoms with Gasteiger partial charge in [0.15, 0.2) is 17.5 Å². The number of hydrogen-bond acceptors (Lipinski definition) is 5. The summed E-state index contributed by atoms with van der Waals surface area (Å²) in [4.78, 5) is 20.8. The van der Waals surface area contributed by atoms with Crippen molar-refractivity contribution in [2.75, 3.05) is 0 Å². The van der Waals surface area contributed by atoms with Crippen LogP contribution in [0.2, 0.25) is 0 Å². The van der Waals surface area contributed by atoms with E-state index in [4.69, 9.17) is 24.4 Å². The summed E-state index contributed by atoms with van der Waals surface area (Å²) in [6, 6.07) is 74.9. The van der Waals surface area contributed by atoms with Gasteiger partial charge < -0.3 is 4.42 Å². The molecule has 0 bridgehead atoms. The number of benzene rings is 8. The summed E-state index contributed by atoms with van der Waals surface area (Å²) in [5.41, 5.74) is 13.6. The van der Waals surface area contributed by atoms with Crippen molar-refractivity contribution in [3.8, 4) is 90.1 Å². The van der Waals surface area contributed by atoms with Crippen molar-refractivity contribution in [3.63, 3.8) is 0 Å². The average Bonchev–Trinajstić information content (AvgIpc) is 3.76. The molecule has 0 aliphatic heterocycles. The first kappa shape index (κ1) is 35.8. The number of rotatable bonds is 8. The fraction of sp³-hybridized carbons (Fsp3) is 0. The molecule has 0 radical (unpaired) electrons. The van der Waals surface area contributed by atoms with Gasteiger partial charge in [0.05, 0.1) is 16.6 Å². The van der Waals surface area contributed by atoms with Gasteiger partial charge in [0.25, 0.3) is 0 Å². The molecule has 0 saturated carbocycles. The van der Waals surface area contributed by atoms with Gasteiger partial charge >= 0.3 is 0 Å². The maximum Gasteiger partial charge on any atom is 0.164 e. The van der Waals surface area contributed by atoms with Crippen LogP contribution in [-0.2, 0) is 0 Å². The van der Waals surface area contributed by atoms with Gasteiger partial charge in [0.1, 0.15) is 11.3 Å². The Balaban J connectivity index is 1.12. The second-order valence-corrected chi connectivity index (χ2v) is 15.0. The Morgan fingerprint density at radius 2 is 0.689 bits per heavy atom. The van der Waals surface area contributed by atoms with Crippen LogP contribution < -0.4 is 0 Å². The van der Waals surface area contributed by atoms with Crippen LogP contribution in [0.25, 0.3) is 112 Å². The molecule has 0 spiro atoms. The molecule has 0 saturated heterocycles. The molecule has 11 aromatic rings. The standard InChI is InChI=1S/C56H36N4O/c1-5-18-37(19-6-1)41-26-15-29-44(34-41)54-58-55(45-30-16-27-42(35-45)38-20-7-2-8-21-38)60-56(59-54)46-31-17-28-43(36-46)52-49(39-22-9-3-10-23-39)50-51(40-24-11-4-12-25-40)57-48-33-14-13-32-47(48)53(50)61-52/h1-36H. The van der Waals surface area contributed by atoms with Crippen molar-refractivity contribution in [1.29, 1.82) is 0 Å². The first-order valence-electron chi connectivity index (χ1n) is 20.4. The summed E-state index contributed by atoms with van der Waals surface area (Å²) < 4.78 is 7.11. The topological polar surface area (TPSA) is 64.7 Å². The molecule has 0 N–H and O–H groups in total. The molecule has 3 heterocycles. The van der Waals surface area contributed by atoms with Crippen molar-refractivity contribution in [2.24, 2.45) is 0 Å². The third kappa shape index (κ3) is 6.84. The van der Waals surface area contributed by atoms with Crippen molar-refractivity contribution < 1.29 is 4.42 Å². The van der Waals surface area contributed by atoms with Crippen molar-refractivity contribution >= 4 is 21.9 Å². The van der Waals surface area contributed by atoms with Gasteiger partial charge in [0, 0.05) is 38.8 Å². The van der Waals surface area contributed by atoms with E-state index in [0.29, 0.717) is 17.5 Å². The quantitative estimate of drug-likeness (QED) is 0.154. The minimum absolute atomic E-state index is 0.562. The molecule has 0 fully saturated rings. The summed E-state index contributed by atoms with van der Waals surface area (Å²) in [6.07, 6.45) is 0. The lowest BCUT2D eigenvalue weighted by Crippen LogP contribution is -2.00. The molecule has 0 amide bonds. The van der Waals surface area contributed by atoms with Crippen LogP contribution in [0.4, 0.5) is 0 Å². The van der Waals surface area contributed by atoms with E-state index < -0.39 is 0 Å². The molecule has 8 aromatic carbocycles. The zero-order chi connectivity index (χ0) is 40.5. The van der Waals surface area contributed by atoms with Gasteiger partial charge in [-0.2, -0.15) is 0 Å². The number of nitrogens with zero attached hydrogens (tertiary/aromatic N) is 4. The minimum atomic E-state index is 0.562. The van der Waals surface area contributed by atoms with Gasteiger partial charge in [-0.05, 0) is 58.1 Å². The lowest BCUT2D eigenvalue weighted by molar-refractivity contribution is 0.636. The maximum absolute atomic E-state index is 7.11. The molecule has 61 heavy (non-hydrogen) atoms. The first-order valence-corrected chi connectivity index (χ1v) is 20.4. The minimum Gasteiger partial charge on any atom is -0.455 e. The van der Waals surface area contributed by atoms with Crippen LogP contribution in [-0.4, -0.2) is 19.9 Å². The lowest BCUT2D eigenvalue weighted by Gasteiger charge is -2.11. The van der Waals surface area contributed by atoms with Gasteiger partial charge in [-0.25, -0.2) is 19.9 Å². The summed E-state index contributed by atoms with van der Waals surface area (Å²) >= 11 is 0. The maximum atomic E-state index is 7.11. The molecule has 5 heteroatoms. The monoisotopic (exact) mass is 780 g/mol. The highest BCUT2D eigenvalue weighted by Gasteiger charge is 2.25. The normalized spacial score (nSPS) is 11.3. The molecule has 286 valence electrons. The summed E-state index contributed by atoms with van der Waals surface area (Å²) in [7, 11) is 0. The number of para-hydroxylation sites is 1. The Morgan fingerprint density at radius 1 is 0.295 bits per heavy atom. The molecule has 3 aromatic heterocycles. The predicted octanol–water partition coefficient (Wildman–Crippen LogP) is 14.5. The van der Waals surface area contributed by atoms with E-state index in [0.717, 1.165) is 94.5 Å². The Hall–Kier alpha value is -8.28. The average molecular weight is 781 g/mol. The fourth-order valence-electron chi connectivity index (χ4n) is 8.17. The van der Waals surface area contributed by atoms with Crippen LogP contribution in [0.1, 0.15) is 0 Å². The summed E-state index contributed by atoms with van der Waals surface area (Å²) in [5.74, 6) is 2.49. The molecule has 0 aliphatic rings. The van der Waals surface area contributed by atoms with E-state index in [-0.39, 0.29) is 0 Å². The Labute approximate surface area is 353 Å². The lowest BCUT2D eigenvalue weighted by atomic mass is 9.94. The van der Waals surface area contributed by atoms with Gasteiger partial charge in [-0.1, -0.05) is 188 Å². The van der Waals surface area contributed by atoms with Gasteiger partial charge in [-0.15, -0.1) is 0 Å². The fourth-order valence-corrected chi connectivity index (χ4v) is 8.17. The smallest absolute Gasteiger partial charge is 0.164 e. The SMILES string of the molecule is c1ccc(-c2cccc(-c3nc(-c4cccc(-c5ccccc5)c4)nc(-c4cccc(-c5oc6c(c(-c7ccccc7)nc7ccccc76)c5-c5ccccc5)c4)n3)c2)cc1. The van der Waals surface area contributed by atoms with E-state index in [2.05, 4.69) is 176 Å². The number of aromatic nitrogens is 4. The Kier molecular flexibility index (Phi) is 9.10. The van der Waals surface area contributed by atoms with E-state index >= 15 is 0 Å². The highest BCUT2D eigenvalue weighted by molar-refractivity contribution is 6.16. The van der Waals surface area contributed by atoms with Crippen LogP contribution in [0, 0.1) is 0 Å². The number of hydrogen-bond donors (Lipinski definition) is 0. The third-order valence-electron chi connectivity index (χ3n) is 11.1. The second kappa shape index (κ2) is 15.5. The highest BCUT2D eigenvalue weighted by atomic mass is 16.3. The predicted molar refractivity (Wildman–Crippen MR) is 248 cm³/mol. The van der Waals surface area contributed by atoms with E-state index in [1.165, 1.54) is 0 Å². The molecular weight excluding hydrogens is 745 g/mol. The molecule has 0 atom stereocenters. The molecule has 11 rings (SSSR count). The van der Waals surface area contributed by atoms with Gasteiger partial charge in [-0.3, -0.25) is 0 Å². The third-order valence-corrected chi connectivity index (χ3v) is 11.1. The van der Waals surface area contributed by atoms with Gasteiger partial charge in [0.2, 0.25) is 0 Å². The summed E-state index contributed by atoms with van der Waals surface area (Å²) in [6.45, 7) is 0. The largest absolute Gasteiger partial charge is 0.455 e. The number of pyridine rings is 1. The first-order chi connectivity index (χ1) is 30.2. The highest BCUT2D eigenvalue weighted by Crippen LogP contribution is 2.47. The van der Waals surface area contributed by atoms with Crippen LogP contribution in [0.15, 0.2) is 223 Å². The number of furan rings is 1. The second-order valence-electron chi connectivity index (χ2n) is 15.0.